The molecule has 2 aromatic carbocycles. The van der Waals surface area contributed by atoms with Crippen molar-refractivity contribution in [3.63, 3.8) is 0 Å². The zero-order chi connectivity index (χ0) is 18.9. The van der Waals surface area contributed by atoms with E-state index in [4.69, 9.17) is 4.74 Å². The number of carbonyl (C=O) groups excluding carboxylic acids is 1. The Morgan fingerprint density at radius 3 is 3.07 bits per heavy atom. The van der Waals surface area contributed by atoms with Crippen LogP contribution >= 0.6 is 11.3 Å². The van der Waals surface area contributed by atoms with Crippen molar-refractivity contribution in [2.45, 2.75) is 6.42 Å². The quantitative estimate of drug-likeness (QED) is 0.576. The minimum absolute atomic E-state index is 0.238. The number of hydrogen-bond acceptors (Lipinski definition) is 7. The van der Waals surface area contributed by atoms with Crippen LogP contribution in [0.25, 0.3) is 16.9 Å². The molecule has 1 aliphatic heterocycles. The van der Waals surface area contributed by atoms with Crippen molar-refractivity contribution in [1.29, 1.82) is 0 Å². The first-order chi connectivity index (χ1) is 13.8. The number of aromatic nitrogens is 5. The van der Waals surface area contributed by atoms with E-state index in [1.165, 1.54) is 27.9 Å². The maximum absolute atomic E-state index is 12.6. The van der Waals surface area contributed by atoms with E-state index >= 15 is 0 Å². The number of nitrogens with zero attached hydrogens (tertiary/aromatic N) is 5. The fraction of sp³-hybridized carbons (Fsp3) is 0.105. The molecule has 4 aromatic rings. The van der Waals surface area contributed by atoms with E-state index in [9.17, 15) is 4.79 Å². The number of tetrazole rings is 1. The number of carbonyl (C=O) groups is 1. The highest BCUT2D eigenvalue weighted by molar-refractivity contribution is 7.14. The van der Waals surface area contributed by atoms with Crippen molar-refractivity contribution in [3.8, 4) is 22.7 Å². The van der Waals surface area contributed by atoms with Gasteiger partial charge in [0.1, 0.15) is 12.1 Å². The third-order valence-corrected chi connectivity index (χ3v) is 5.19. The summed E-state index contributed by atoms with van der Waals surface area (Å²) < 4.78 is 7.04. The van der Waals surface area contributed by atoms with Crippen molar-refractivity contribution in [2.24, 2.45) is 0 Å². The number of fused-ring (bicyclic) bond motifs is 1. The normalized spacial score (nSPS) is 12.4. The summed E-state index contributed by atoms with van der Waals surface area (Å²) in [4.78, 5) is 17.2. The van der Waals surface area contributed by atoms with Crippen molar-refractivity contribution >= 4 is 22.4 Å². The molecule has 138 valence electrons. The Morgan fingerprint density at radius 2 is 2.18 bits per heavy atom. The van der Waals surface area contributed by atoms with E-state index in [-0.39, 0.29) is 5.91 Å². The largest absolute Gasteiger partial charge is 0.493 e. The van der Waals surface area contributed by atoms with Gasteiger partial charge in [0.25, 0.3) is 5.91 Å². The van der Waals surface area contributed by atoms with Gasteiger partial charge in [-0.05, 0) is 52.4 Å². The van der Waals surface area contributed by atoms with Gasteiger partial charge in [-0.25, -0.2) is 9.67 Å². The van der Waals surface area contributed by atoms with E-state index in [0.29, 0.717) is 16.4 Å². The van der Waals surface area contributed by atoms with Crippen LogP contribution in [0, 0.1) is 0 Å². The van der Waals surface area contributed by atoms with Gasteiger partial charge >= 0.3 is 0 Å². The summed E-state index contributed by atoms with van der Waals surface area (Å²) in [6.45, 7) is 0.723. The second-order valence-electron chi connectivity index (χ2n) is 6.22. The van der Waals surface area contributed by atoms with Crippen LogP contribution in [0.4, 0.5) is 5.13 Å². The van der Waals surface area contributed by atoms with Crippen molar-refractivity contribution in [3.05, 3.63) is 65.3 Å². The summed E-state index contributed by atoms with van der Waals surface area (Å²) >= 11 is 1.39. The predicted octanol–water partition coefficient (Wildman–Crippen LogP) is 2.97. The third-order valence-electron chi connectivity index (χ3n) is 4.43. The number of nitrogens with one attached hydrogen (secondary N) is 1. The van der Waals surface area contributed by atoms with Gasteiger partial charge in [-0.2, -0.15) is 0 Å². The molecule has 1 N–H and O–H groups in total. The number of anilines is 1. The Labute approximate surface area is 163 Å². The average Bonchev–Trinajstić information content (AvgIpc) is 3.48. The Hall–Kier alpha value is -3.59. The molecule has 2 aromatic heterocycles. The molecule has 8 nitrogen and oxygen atoms in total. The Kier molecular flexibility index (Phi) is 4.06. The molecule has 28 heavy (non-hydrogen) atoms. The fourth-order valence-electron chi connectivity index (χ4n) is 3.05. The smallest absolute Gasteiger partial charge is 0.257 e. The van der Waals surface area contributed by atoms with Gasteiger partial charge in [-0.3, -0.25) is 10.1 Å². The van der Waals surface area contributed by atoms with E-state index in [2.05, 4.69) is 31.9 Å². The lowest BCUT2D eigenvalue weighted by molar-refractivity contribution is 0.102. The minimum Gasteiger partial charge on any atom is -0.493 e. The Morgan fingerprint density at radius 1 is 1.21 bits per heavy atom. The van der Waals surface area contributed by atoms with Crippen LogP contribution in [0.3, 0.4) is 0 Å². The molecule has 0 bridgehead atoms. The van der Waals surface area contributed by atoms with Gasteiger partial charge in [0.05, 0.1) is 18.0 Å². The molecule has 0 fully saturated rings. The first-order valence-corrected chi connectivity index (χ1v) is 9.51. The highest BCUT2D eigenvalue weighted by Crippen LogP contribution is 2.32. The van der Waals surface area contributed by atoms with Gasteiger partial charge in [0, 0.05) is 22.9 Å². The fourth-order valence-corrected chi connectivity index (χ4v) is 3.76. The Balaban J connectivity index is 1.35. The average molecular weight is 390 g/mol. The van der Waals surface area contributed by atoms with E-state index in [0.717, 1.165) is 30.0 Å². The monoisotopic (exact) mass is 390 g/mol. The highest BCUT2D eigenvalue weighted by Gasteiger charge is 2.15. The van der Waals surface area contributed by atoms with E-state index < -0.39 is 0 Å². The molecule has 0 unspecified atom stereocenters. The van der Waals surface area contributed by atoms with Crippen LogP contribution in [0.1, 0.15) is 15.9 Å². The summed E-state index contributed by atoms with van der Waals surface area (Å²) in [5.74, 6) is 0.702. The summed E-state index contributed by atoms with van der Waals surface area (Å²) in [5.41, 5.74) is 4.24. The van der Waals surface area contributed by atoms with Gasteiger partial charge in [-0.1, -0.05) is 6.07 Å². The van der Waals surface area contributed by atoms with Crippen LogP contribution in [0.2, 0.25) is 0 Å². The van der Waals surface area contributed by atoms with Gasteiger partial charge in [0.15, 0.2) is 5.13 Å². The minimum atomic E-state index is -0.238. The molecular weight excluding hydrogens is 376 g/mol. The standard InChI is InChI=1S/C19H14N6O2S/c26-18(14-2-1-3-15(9-14)25-11-20-23-24-25)22-19-21-16(10-28-19)12-4-5-17-13(8-12)6-7-27-17/h1-5,8-11H,6-7H2,(H,21,22,26). The molecule has 0 radical (unpaired) electrons. The van der Waals surface area contributed by atoms with Gasteiger partial charge < -0.3 is 4.74 Å². The Bertz CT molecular complexity index is 1150. The van der Waals surface area contributed by atoms with E-state index in [1.54, 1.807) is 18.2 Å². The zero-order valence-corrected chi connectivity index (χ0v) is 15.4. The molecule has 0 saturated heterocycles. The van der Waals surface area contributed by atoms with Crippen LogP contribution in [0.5, 0.6) is 5.75 Å². The van der Waals surface area contributed by atoms with Crippen molar-refractivity contribution in [1.82, 2.24) is 25.2 Å². The second-order valence-corrected chi connectivity index (χ2v) is 7.08. The number of ether oxygens (including phenoxy) is 1. The number of amides is 1. The van der Waals surface area contributed by atoms with E-state index in [1.807, 2.05) is 23.6 Å². The predicted molar refractivity (Wildman–Crippen MR) is 104 cm³/mol. The molecule has 0 spiro atoms. The molecular formula is C19H14N6O2S. The topological polar surface area (TPSA) is 94.8 Å². The zero-order valence-electron chi connectivity index (χ0n) is 14.6. The molecule has 0 saturated carbocycles. The number of rotatable bonds is 4. The summed E-state index contributed by atoms with van der Waals surface area (Å²) in [6, 6.07) is 13.1. The van der Waals surface area contributed by atoms with Crippen LogP contribution in [-0.2, 0) is 6.42 Å². The van der Waals surface area contributed by atoms with Crippen molar-refractivity contribution < 1.29 is 9.53 Å². The van der Waals surface area contributed by atoms with Crippen LogP contribution < -0.4 is 10.1 Å². The van der Waals surface area contributed by atoms with Gasteiger partial charge in [0.2, 0.25) is 0 Å². The number of hydrogen-bond donors (Lipinski definition) is 1. The first-order valence-electron chi connectivity index (χ1n) is 8.63. The van der Waals surface area contributed by atoms with Crippen LogP contribution in [0.15, 0.2) is 54.2 Å². The first kappa shape index (κ1) is 16.6. The highest BCUT2D eigenvalue weighted by atomic mass is 32.1. The third kappa shape index (κ3) is 3.12. The molecule has 0 aliphatic carbocycles. The maximum atomic E-state index is 12.6. The SMILES string of the molecule is O=C(Nc1nc(-c2ccc3c(c2)CCO3)cs1)c1cccc(-n2cnnn2)c1. The molecule has 9 heteroatoms. The summed E-state index contributed by atoms with van der Waals surface area (Å²) in [7, 11) is 0. The molecule has 0 atom stereocenters. The maximum Gasteiger partial charge on any atom is 0.257 e. The van der Waals surface area contributed by atoms with Gasteiger partial charge in [-0.15, -0.1) is 16.4 Å². The second kappa shape index (κ2) is 6.86. The number of thiazole rings is 1. The summed E-state index contributed by atoms with van der Waals surface area (Å²) in [6.07, 6.45) is 2.39. The lowest BCUT2D eigenvalue weighted by Crippen LogP contribution is -2.12. The number of benzene rings is 2. The summed E-state index contributed by atoms with van der Waals surface area (Å²) in [5, 5.41) is 16.4. The lowest BCUT2D eigenvalue weighted by atomic mass is 10.1. The lowest BCUT2D eigenvalue weighted by Gasteiger charge is -2.04. The molecule has 1 aliphatic rings. The molecule has 1 amide bonds. The molecule has 5 rings (SSSR count). The van der Waals surface area contributed by atoms with Crippen molar-refractivity contribution in [2.75, 3.05) is 11.9 Å². The van der Waals surface area contributed by atoms with Crippen LogP contribution in [-0.4, -0.2) is 37.7 Å². The molecule has 3 heterocycles.